The maximum Gasteiger partial charge on any atom is 0.260 e. The summed E-state index contributed by atoms with van der Waals surface area (Å²) in [5, 5.41) is 1.68. The minimum atomic E-state index is -0.0498. The van der Waals surface area contributed by atoms with Gasteiger partial charge in [0.1, 0.15) is 0 Å². The molecule has 0 saturated carbocycles. The maximum absolute atomic E-state index is 12.7. The molecule has 5 heteroatoms. The number of nitrogens with one attached hydrogen (secondary N) is 1. The molecule has 0 aromatic rings. The lowest BCUT2D eigenvalue weighted by Crippen LogP contribution is -2.33. The molecule has 0 amide bonds. The van der Waals surface area contributed by atoms with E-state index in [1.54, 1.807) is 23.2 Å². The average Bonchev–Trinajstić information content (AvgIpc) is 2.83. The summed E-state index contributed by atoms with van der Waals surface area (Å²) in [6, 6.07) is 1.81. The van der Waals surface area contributed by atoms with Gasteiger partial charge in [0, 0.05) is 22.6 Å². The number of H-pyrrole nitrogens is 1. The second-order valence-electron chi connectivity index (χ2n) is 5.90. The van der Waals surface area contributed by atoms with Gasteiger partial charge in [-0.05, 0) is 29.9 Å². The molecule has 0 radical (unpaired) electrons. The van der Waals surface area contributed by atoms with Gasteiger partial charge in [-0.15, -0.1) is 0 Å². The van der Waals surface area contributed by atoms with Crippen LogP contribution in [0.2, 0.25) is 0 Å². The molecule has 112 valence electrons. The third-order valence-corrected chi connectivity index (χ3v) is 4.51. The summed E-state index contributed by atoms with van der Waals surface area (Å²) in [5.41, 5.74) is 4.29. The second-order valence-corrected chi connectivity index (χ2v) is 5.90. The Balaban J connectivity index is 1.88. The van der Waals surface area contributed by atoms with Crippen molar-refractivity contribution in [3.8, 4) is 11.3 Å². The predicted octanol–water partition coefficient (Wildman–Crippen LogP) is 0.640. The zero-order chi connectivity index (χ0) is 15.6. The molecule has 0 unspecified atom stereocenters. The number of hydrogen-bond acceptors (Lipinski definition) is 3. The van der Waals surface area contributed by atoms with Gasteiger partial charge >= 0.3 is 0 Å². The van der Waals surface area contributed by atoms with Gasteiger partial charge in [-0.3, -0.25) is 9.59 Å². The van der Waals surface area contributed by atoms with Crippen LogP contribution in [0.1, 0.15) is 12.1 Å². The van der Waals surface area contributed by atoms with Crippen molar-refractivity contribution in [2.24, 2.45) is 0 Å². The molecular weight excluding hydrogens is 292 g/mol. The minimum Gasteiger partial charge on any atom is -0.472 e. The monoisotopic (exact) mass is 304 g/mol. The van der Waals surface area contributed by atoms with E-state index in [0.29, 0.717) is 18.5 Å². The number of pyridine rings is 1. The number of aromatic amines is 1. The average molecular weight is 304 g/mol. The maximum atomic E-state index is 12.7. The number of Topliss-reactive ketones (excluding diaryl/α,β-unsaturated/α-hetero) is 1. The Hall–Kier alpha value is -3.08. The Morgan fingerprint density at radius 2 is 2.13 bits per heavy atom. The van der Waals surface area contributed by atoms with Crippen molar-refractivity contribution in [3.63, 3.8) is 0 Å². The zero-order valence-electron chi connectivity index (χ0n) is 12.1. The first-order valence-corrected chi connectivity index (χ1v) is 7.44. The Morgan fingerprint density at radius 1 is 1.22 bits per heavy atom. The third-order valence-electron chi connectivity index (χ3n) is 4.51. The number of ketones is 1. The summed E-state index contributed by atoms with van der Waals surface area (Å²) in [5.74, 6) is 0.0576. The van der Waals surface area contributed by atoms with Crippen molar-refractivity contribution in [1.82, 2.24) is 9.55 Å². The molecule has 23 heavy (non-hydrogen) atoms. The van der Waals surface area contributed by atoms with E-state index in [-0.39, 0.29) is 11.3 Å². The molecule has 4 heterocycles. The largest absolute Gasteiger partial charge is 0.472 e. The standard InChI is InChI=1S/C18H12N2O3/c21-13-1-2-15-11(5-13)6-14-17(19-15)16-7-10-3-4-23-9-12(10)8-20(16)18(14)22/h2-7,9,19H,1,8H2. The lowest BCUT2D eigenvalue weighted by molar-refractivity contribution is -0.112. The Morgan fingerprint density at radius 3 is 3.04 bits per heavy atom. The molecule has 4 aliphatic heterocycles. The van der Waals surface area contributed by atoms with E-state index in [1.165, 1.54) is 0 Å². The molecular formula is C18H12N2O3. The summed E-state index contributed by atoms with van der Waals surface area (Å²) in [4.78, 5) is 27.7. The van der Waals surface area contributed by atoms with Gasteiger partial charge < -0.3 is 14.3 Å². The fourth-order valence-corrected chi connectivity index (χ4v) is 3.37. The van der Waals surface area contributed by atoms with Crippen LogP contribution in [-0.4, -0.2) is 15.3 Å². The number of hydrogen-bond donors (Lipinski definition) is 1. The molecule has 0 atom stereocenters. The highest BCUT2D eigenvalue weighted by Gasteiger charge is 2.26. The van der Waals surface area contributed by atoms with E-state index >= 15 is 0 Å². The van der Waals surface area contributed by atoms with Crippen LogP contribution in [0.4, 0.5) is 0 Å². The van der Waals surface area contributed by atoms with Crippen LogP contribution in [0.3, 0.4) is 0 Å². The number of nitrogens with zero attached hydrogens (tertiary/aromatic N) is 1. The highest BCUT2D eigenvalue weighted by molar-refractivity contribution is 6.09. The van der Waals surface area contributed by atoms with E-state index < -0.39 is 0 Å². The quantitative estimate of drug-likeness (QED) is 0.777. The van der Waals surface area contributed by atoms with Gasteiger partial charge in [-0.1, -0.05) is 6.08 Å². The fraction of sp³-hybridized carbons (Fsp3) is 0.111. The highest BCUT2D eigenvalue weighted by Crippen LogP contribution is 2.31. The summed E-state index contributed by atoms with van der Waals surface area (Å²) < 4.78 is 6.95. The normalized spacial score (nSPS) is 18.0. The number of allylic oxidation sites excluding steroid dienone is 3. The molecule has 0 aromatic heterocycles. The highest BCUT2D eigenvalue weighted by atomic mass is 16.5. The van der Waals surface area contributed by atoms with Crippen molar-refractivity contribution < 1.29 is 9.53 Å². The van der Waals surface area contributed by atoms with Crippen LogP contribution in [0.15, 0.2) is 40.6 Å². The fourth-order valence-electron chi connectivity index (χ4n) is 3.37. The molecule has 0 fully saturated rings. The topological polar surface area (TPSA) is 64.1 Å². The van der Waals surface area contributed by atoms with Crippen LogP contribution in [-0.2, 0) is 16.1 Å². The SMILES string of the molecule is O=C1C=c2cc3c(=O)n4c(c-3[nH]c2=CC1)C=C1C=COC=C1C4. The number of rotatable bonds is 0. The van der Waals surface area contributed by atoms with Gasteiger partial charge in [0.05, 0.1) is 36.0 Å². The van der Waals surface area contributed by atoms with Crippen molar-refractivity contribution in [1.29, 1.82) is 0 Å². The molecule has 1 aliphatic carbocycles. The lowest BCUT2D eigenvalue weighted by atomic mass is 10.0. The number of carbonyl (C=O) groups is 1. The zero-order valence-corrected chi connectivity index (χ0v) is 12.1. The van der Waals surface area contributed by atoms with Gasteiger partial charge in [-0.25, -0.2) is 0 Å². The van der Waals surface area contributed by atoms with Crippen molar-refractivity contribution in [2.75, 3.05) is 0 Å². The van der Waals surface area contributed by atoms with Gasteiger partial charge in [0.25, 0.3) is 5.56 Å². The molecule has 0 aromatic carbocycles. The van der Waals surface area contributed by atoms with E-state index in [0.717, 1.165) is 33.1 Å². The number of aromatic nitrogens is 2. The second kappa shape index (κ2) is 4.23. The lowest BCUT2D eigenvalue weighted by Gasteiger charge is -2.19. The molecule has 0 saturated heterocycles. The Kier molecular flexibility index (Phi) is 2.29. The summed E-state index contributed by atoms with van der Waals surface area (Å²) >= 11 is 0. The first-order valence-electron chi connectivity index (χ1n) is 7.44. The van der Waals surface area contributed by atoms with Crippen LogP contribution >= 0.6 is 0 Å². The molecule has 1 N–H and O–H groups in total. The van der Waals surface area contributed by atoms with Crippen LogP contribution in [0.5, 0.6) is 0 Å². The Bertz CT molecular complexity index is 1120. The van der Waals surface area contributed by atoms with E-state index in [2.05, 4.69) is 4.98 Å². The molecule has 0 spiro atoms. The summed E-state index contributed by atoms with van der Waals surface area (Å²) in [7, 11) is 0. The summed E-state index contributed by atoms with van der Waals surface area (Å²) in [6.45, 7) is 0.490. The smallest absolute Gasteiger partial charge is 0.260 e. The predicted molar refractivity (Wildman–Crippen MR) is 85.8 cm³/mol. The number of fused-ring (bicyclic) bond motifs is 5. The minimum absolute atomic E-state index is 0.0498. The molecule has 0 bridgehead atoms. The molecule has 5 rings (SSSR count). The van der Waals surface area contributed by atoms with E-state index in [9.17, 15) is 9.59 Å². The third kappa shape index (κ3) is 1.67. The summed E-state index contributed by atoms with van der Waals surface area (Å²) in [6.07, 6.45) is 11.1. The van der Waals surface area contributed by atoms with Gasteiger partial charge in [0.2, 0.25) is 0 Å². The van der Waals surface area contributed by atoms with Crippen molar-refractivity contribution in [2.45, 2.75) is 13.0 Å². The first kappa shape index (κ1) is 12.5. The van der Waals surface area contributed by atoms with Crippen molar-refractivity contribution in [3.05, 3.63) is 62.4 Å². The molecule has 5 aliphatic rings. The van der Waals surface area contributed by atoms with Crippen LogP contribution in [0, 0.1) is 0 Å². The van der Waals surface area contributed by atoms with Gasteiger partial charge in [-0.2, -0.15) is 0 Å². The Labute approximate surface area is 130 Å². The first-order chi connectivity index (χ1) is 11.2. The number of carbonyl (C=O) groups excluding carboxylic acids is 1. The number of ether oxygens (including phenoxy) is 1. The van der Waals surface area contributed by atoms with Crippen LogP contribution in [0.25, 0.3) is 29.5 Å². The van der Waals surface area contributed by atoms with E-state index in [4.69, 9.17) is 4.74 Å². The van der Waals surface area contributed by atoms with E-state index in [1.807, 2.05) is 24.3 Å². The molecule has 5 nitrogen and oxygen atoms in total. The van der Waals surface area contributed by atoms with Gasteiger partial charge in [0.15, 0.2) is 5.78 Å². The van der Waals surface area contributed by atoms with Crippen molar-refractivity contribution >= 4 is 24.0 Å². The van der Waals surface area contributed by atoms with Crippen LogP contribution < -0.4 is 16.1 Å².